The van der Waals surface area contributed by atoms with Crippen LogP contribution in [-0.4, -0.2) is 272 Å². The normalized spacial score (nSPS) is 24.4. The highest BCUT2D eigenvalue weighted by molar-refractivity contribution is 7.73. The molecule has 10 aromatic rings. The van der Waals surface area contributed by atoms with E-state index in [0.29, 0.717) is 52.5 Å². The van der Waals surface area contributed by atoms with Gasteiger partial charge in [-0.3, -0.25) is 96.9 Å². The van der Waals surface area contributed by atoms with E-state index in [1.165, 1.54) is 18.2 Å². The van der Waals surface area contributed by atoms with Crippen LogP contribution in [0.15, 0.2) is 189 Å². The van der Waals surface area contributed by atoms with E-state index in [1.54, 1.807) is 60.3 Å². The highest BCUT2D eigenvalue weighted by atomic mass is 31.3. The summed E-state index contributed by atoms with van der Waals surface area (Å²) in [6.45, 7) is -7.86. The molecule has 0 spiro atoms. The second-order valence-electron chi connectivity index (χ2n) is 32.2. The molecule has 4 aromatic carbocycles. The number of halogens is 12. The third-order valence-electron chi connectivity index (χ3n) is 22.3. The molecule has 0 radical (unpaired) electrons. The monoisotopic (exact) mass is 2310 g/mol. The number of hydrogen-bond acceptors (Lipinski definition) is 35. The topological polar surface area (TPSA) is 835 Å². The van der Waals surface area contributed by atoms with Gasteiger partial charge in [0.2, 0.25) is 0 Å². The SMILES string of the molecule is Cn1nc(Cn2c(=O)ccn([C@@H]3O[C@H](COP(=O)(O)C(F)(F)P(=O)(O)O)[C@H](O)C3O)c2=O)c2ccccc21.O=c1ccn([C@@H]2O[C@H](COP(=O)(O)C(F)(F)P(=O)(O)O)[C@H](O)C2O)c(=O)n1CC(F)(F)c1ccccc1.O=c1ccn([C@@H]2O[C@H](COP(=O)(O)C(F)(F)P(=O)(O)O)[C@H](O)C2O)c(=O)n1CCc1ccc(F)cc1F.O=c1ccn([C@@H]2O[C@H](COP(=O)(O)C(F)(F)P(=O)(O)O)[C@H](O)C2O)c(=O)n1Cc1noc2ccccc12. The summed E-state index contributed by atoms with van der Waals surface area (Å²) in [5, 5.41) is 69.5. The number of para-hydroxylation sites is 2. The van der Waals surface area contributed by atoms with Gasteiger partial charge in [-0.25, -0.2) is 28.0 Å². The Kier molecular flexibility index (Phi) is 36.0. The summed E-state index contributed by atoms with van der Waals surface area (Å²) in [6, 6.07) is 26.0. The third kappa shape index (κ3) is 24.8. The maximum absolute atomic E-state index is 14.7. The van der Waals surface area contributed by atoms with Crippen LogP contribution in [0.4, 0.5) is 52.7 Å². The van der Waals surface area contributed by atoms with Crippen LogP contribution in [0.2, 0.25) is 0 Å². The minimum atomic E-state index is -6.46. The number of fused-ring (bicyclic) bond motifs is 2. The predicted octanol–water partition coefficient (Wildman–Crippen LogP) is -0.326. The first-order valence-electron chi connectivity index (χ1n) is 41.2. The van der Waals surface area contributed by atoms with Gasteiger partial charge in [0.25, 0.3) is 28.2 Å². The molecule has 4 aliphatic heterocycles. The molecule has 0 bridgehead atoms. The van der Waals surface area contributed by atoms with E-state index in [0.717, 1.165) is 86.5 Å². The van der Waals surface area contributed by atoms with Gasteiger partial charge in [0.05, 0.1) is 57.3 Å². The molecule has 0 aliphatic carbocycles. The fourth-order valence-electron chi connectivity index (χ4n) is 14.3. The van der Waals surface area contributed by atoms with Crippen molar-refractivity contribution in [3.8, 4) is 0 Å². The van der Waals surface area contributed by atoms with E-state index in [9.17, 15) is 188 Å². The van der Waals surface area contributed by atoms with Crippen molar-refractivity contribution in [3.63, 3.8) is 0 Å². The molecule has 56 nitrogen and oxygen atoms in total. The molecule has 0 saturated carbocycles. The molecule has 822 valence electrons. The van der Waals surface area contributed by atoms with Crippen molar-refractivity contribution in [3.05, 3.63) is 264 Å². The van der Waals surface area contributed by atoms with E-state index in [-0.39, 0.29) is 35.3 Å². The number of aliphatic hydroxyl groups is 8. The van der Waals surface area contributed by atoms with Crippen LogP contribution < -0.4 is 45.0 Å². The van der Waals surface area contributed by atoms with Gasteiger partial charge in [-0.15, -0.1) is 0 Å². The Morgan fingerprint density at radius 1 is 0.369 bits per heavy atom. The van der Waals surface area contributed by atoms with Gasteiger partial charge in [-0.2, -0.15) is 49.0 Å². The lowest BCUT2D eigenvalue weighted by atomic mass is 10.1. The summed E-state index contributed by atoms with van der Waals surface area (Å²) in [5.41, 5.74) is -6.83. The molecule has 6 aromatic heterocycles. The number of nitrogens with zero attached hydrogens (tertiary/aromatic N) is 11. The molecule has 20 N–H and O–H groups in total. The van der Waals surface area contributed by atoms with Gasteiger partial charge in [-0.05, 0) is 36.2 Å². The molecule has 76 heteroatoms. The van der Waals surface area contributed by atoms with Gasteiger partial charge in [0.1, 0.15) is 90.6 Å². The van der Waals surface area contributed by atoms with Gasteiger partial charge in [0.15, 0.2) is 30.5 Å². The summed E-state index contributed by atoms with van der Waals surface area (Å²) >= 11 is 0. The maximum Gasteiger partial charge on any atom is 0.443 e. The zero-order valence-electron chi connectivity index (χ0n) is 74.1. The highest BCUT2D eigenvalue weighted by Gasteiger charge is 2.69. The first-order valence-corrected chi connectivity index (χ1v) is 54.0. The van der Waals surface area contributed by atoms with Crippen molar-refractivity contribution in [1.29, 1.82) is 0 Å². The van der Waals surface area contributed by atoms with Crippen LogP contribution in [0.1, 0.15) is 47.4 Å². The fourth-order valence-corrected chi connectivity index (χ4v) is 22.3. The summed E-state index contributed by atoms with van der Waals surface area (Å²) in [5.74, 6) is -5.45. The van der Waals surface area contributed by atoms with E-state index < -0.39 is 288 Å². The van der Waals surface area contributed by atoms with Crippen LogP contribution in [-0.2, 0) is 119 Å². The van der Waals surface area contributed by atoms with E-state index in [4.69, 9.17) is 62.6 Å². The van der Waals surface area contributed by atoms with Crippen molar-refractivity contribution in [2.45, 2.75) is 158 Å². The van der Waals surface area contributed by atoms with Gasteiger partial charge in [0, 0.05) is 85.0 Å². The van der Waals surface area contributed by atoms with Crippen LogP contribution >= 0.6 is 60.8 Å². The molecule has 149 heavy (non-hydrogen) atoms. The van der Waals surface area contributed by atoms with Crippen LogP contribution in [0.3, 0.4) is 0 Å². The van der Waals surface area contributed by atoms with Crippen LogP contribution in [0, 0.1) is 11.6 Å². The average molecular weight is 2310 g/mol. The molecule has 10 heterocycles. The number of aryl methyl sites for hydroxylation is 2. The summed E-state index contributed by atoms with van der Waals surface area (Å²) < 4.78 is 304. The first kappa shape index (κ1) is 120. The van der Waals surface area contributed by atoms with Crippen molar-refractivity contribution in [1.82, 2.24) is 51.5 Å². The molecule has 14 rings (SSSR count). The molecule has 4 aliphatic rings. The molecule has 20 atom stereocenters. The van der Waals surface area contributed by atoms with Gasteiger partial charge < -0.3 is 141 Å². The molecule has 8 unspecified atom stereocenters. The average Bonchev–Trinajstić information content (AvgIpc) is 1.55. The quantitative estimate of drug-likeness (QED) is 0.0181. The standard InChI is InChI=1S/C19H22F2N4O11P2.2C18H20F4N2O11P2.C18H19F2N3O12P2/c1-23-12-5-3-2-4-10(12)11(22-23)8-25-14(26)6-7-24(18(25)29)17-16(28)15(27)13(36-17)9-35-38(33,34)19(20,21)37(30,31)32;19-10-2-1-9(11(20)7-10)3-5-23-13(25)4-6-24(17(23)28)16-15(27)14(26)12(35-16)8-34-37(32,33)18(21,22)36(29,30)31;19-17(20,10-4-2-1-3-5-10)9-24-12(25)6-7-23(16(24)28)15-14(27)13(26)11(35-15)8-34-37(32,33)18(21,22)36(29,30)31;19-18(20,36(28,29)30)37(31,32)33-8-12-14(25)15(26)16(34-12)22-6-5-13(24)23(17(22)27)7-10-9-3-1-2-4-11(9)35-21-10/h2-7,13,15-17,27-28H,8-9H2,1H3,(H,33,34)(H2,30,31,32);1-2,4,6-7,12,14-16,26-27H,3,5,8H2,(H,32,33)(H2,29,30,31);1-7,11,13-15,26-27H,8-9H2,(H,32,33)(H2,29,30,31);1-6,12,14-16,25-26H,7-8H2,(H,31,32)(H2,28,29,30)/t13-,15+,16?,17-;12-,14+,15?,16-;11-,13+,14?,15-;12-,14+,15?,16-/m1111/s1. The van der Waals surface area contributed by atoms with Crippen molar-refractivity contribution in [2.75, 3.05) is 26.4 Å². The maximum atomic E-state index is 14.7. The smallest absolute Gasteiger partial charge is 0.387 e. The summed E-state index contributed by atoms with van der Waals surface area (Å²) in [7, 11) is -49.3. The Labute approximate surface area is 816 Å². The zero-order chi connectivity index (χ0) is 111. The van der Waals surface area contributed by atoms with Crippen molar-refractivity contribution >= 4 is 82.6 Å². The first-order chi connectivity index (χ1) is 68.6. The third-order valence-corrected chi connectivity index (χ3v) is 36.0. The molecular weight excluding hydrogens is 2230 g/mol. The Morgan fingerprint density at radius 3 is 1.03 bits per heavy atom. The molecular formula is C73H81F12N11O45P8. The number of aliphatic hydroxyl groups excluding tert-OH is 8. The number of rotatable bonds is 34. The Balaban J connectivity index is 0.000000189. The molecule has 0 amide bonds. The van der Waals surface area contributed by atoms with Crippen molar-refractivity contribution < 1.29 is 230 Å². The molecule has 4 saturated heterocycles. The second-order valence-corrected chi connectivity index (χ2v) is 47.7. The van der Waals surface area contributed by atoms with Gasteiger partial charge in [-0.1, -0.05) is 71.9 Å². The Hall–Kier alpha value is -9.58. The lowest BCUT2D eigenvalue weighted by molar-refractivity contribution is -0.0572. The Morgan fingerprint density at radius 2 is 0.678 bits per heavy atom. The second kappa shape index (κ2) is 44.8. The van der Waals surface area contributed by atoms with Crippen LogP contribution in [0.25, 0.3) is 21.9 Å². The fraction of sp³-hybridized carbons (Fsp3) is 0.425. The van der Waals surface area contributed by atoms with Gasteiger partial charge >= 0.3 is 105 Å². The minimum absolute atomic E-state index is 0.0200. The number of benzene rings is 4. The lowest BCUT2D eigenvalue weighted by Gasteiger charge is -2.24. The molecule has 4 fully saturated rings. The largest absolute Gasteiger partial charge is 0.443 e. The summed E-state index contributed by atoms with van der Waals surface area (Å²) in [4.78, 5) is 208. The minimum Gasteiger partial charge on any atom is -0.387 e. The lowest BCUT2D eigenvalue weighted by Crippen LogP contribution is -2.45. The Bertz CT molecular complexity index is 7590. The number of aromatic nitrogens is 11. The van der Waals surface area contributed by atoms with E-state index in [1.807, 2.05) is 0 Å². The number of hydrogen-bond donors (Lipinski definition) is 20. The number of alkyl halides is 10. The zero-order valence-corrected chi connectivity index (χ0v) is 81.3. The van der Waals surface area contributed by atoms with Crippen molar-refractivity contribution in [2.24, 2.45) is 7.05 Å². The van der Waals surface area contributed by atoms with E-state index in [2.05, 4.69) is 28.4 Å². The predicted molar refractivity (Wildman–Crippen MR) is 468 cm³/mol. The van der Waals surface area contributed by atoms with E-state index >= 15 is 0 Å². The number of ether oxygens (including phenoxy) is 4. The summed E-state index contributed by atoms with van der Waals surface area (Å²) in [6.07, 6.45) is -27.0. The highest BCUT2D eigenvalue weighted by Crippen LogP contribution is 2.76. The van der Waals surface area contributed by atoms with Crippen LogP contribution in [0.5, 0.6) is 0 Å².